The molecule has 0 radical (unpaired) electrons. The highest BCUT2D eigenvalue weighted by Crippen LogP contribution is 2.54. The highest BCUT2D eigenvalue weighted by atomic mass is 35.5. The van der Waals surface area contributed by atoms with Crippen molar-refractivity contribution in [2.24, 2.45) is 5.41 Å². The first kappa shape index (κ1) is 30.6. The van der Waals surface area contributed by atoms with Crippen LogP contribution in [0.2, 0.25) is 5.02 Å². The van der Waals surface area contributed by atoms with Gasteiger partial charge >= 0.3 is 6.01 Å². The van der Waals surface area contributed by atoms with E-state index in [-0.39, 0.29) is 30.0 Å². The molecule has 3 aromatic rings. The van der Waals surface area contributed by atoms with Gasteiger partial charge in [-0.15, -0.1) is 0 Å². The molecule has 3 fully saturated rings. The van der Waals surface area contributed by atoms with E-state index in [4.69, 9.17) is 26.3 Å². The van der Waals surface area contributed by atoms with E-state index in [0.717, 1.165) is 35.3 Å². The number of piperazine rings is 1. The number of likely N-dealkylation sites (tertiary alicyclic amines) is 1. The maximum Gasteiger partial charge on any atom is 0.318 e. The molecule has 240 valence electrons. The number of amides is 1. The minimum Gasteiger partial charge on any atom is -0.462 e. The number of ether oxygens (including phenoxy) is 1. The van der Waals surface area contributed by atoms with Crippen LogP contribution in [0, 0.1) is 22.6 Å². The highest BCUT2D eigenvalue weighted by molar-refractivity contribution is 6.36. The van der Waals surface area contributed by atoms with Crippen LogP contribution in [-0.2, 0) is 17.8 Å². The van der Waals surface area contributed by atoms with Crippen LogP contribution < -0.4 is 14.5 Å². The van der Waals surface area contributed by atoms with Crippen LogP contribution in [0.5, 0.6) is 6.01 Å². The lowest BCUT2D eigenvalue weighted by molar-refractivity contribution is -0.131. The molecule has 1 unspecified atom stereocenters. The second-order valence-electron chi connectivity index (χ2n) is 13.1. The molecule has 3 aliphatic heterocycles. The fourth-order valence-corrected chi connectivity index (χ4v) is 7.77. The smallest absolute Gasteiger partial charge is 0.318 e. The number of hydrogen-bond acceptors (Lipinski definition) is 8. The van der Waals surface area contributed by atoms with Crippen molar-refractivity contribution in [1.29, 1.82) is 5.26 Å². The number of hydrogen-bond donors (Lipinski definition) is 0. The van der Waals surface area contributed by atoms with E-state index < -0.39 is 23.6 Å². The zero-order valence-corrected chi connectivity index (χ0v) is 26.6. The second kappa shape index (κ2) is 12.0. The summed E-state index contributed by atoms with van der Waals surface area (Å²) in [6, 6.07) is 11.1. The Morgan fingerprint density at radius 1 is 1.17 bits per heavy atom. The number of fused-ring (bicyclic) bond motifs is 2. The number of rotatable bonds is 7. The molecule has 2 atom stereocenters. The molecule has 1 aliphatic carbocycles. The normalized spacial score (nSPS) is 22.2. The highest BCUT2D eigenvalue weighted by Gasteiger charge is 2.51. The van der Waals surface area contributed by atoms with Gasteiger partial charge in [-0.3, -0.25) is 9.69 Å². The van der Waals surface area contributed by atoms with E-state index >= 15 is 0 Å². The Bertz CT molecular complexity index is 1760. The summed E-state index contributed by atoms with van der Waals surface area (Å²) in [6.07, 6.45) is 4.28. The van der Waals surface area contributed by atoms with Crippen molar-refractivity contribution < 1.29 is 18.3 Å². The van der Waals surface area contributed by atoms with E-state index in [9.17, 15) is 18.8 Å². The third-order valence-corrected chi connectivity index (χ3v) is 10.5. The predicted octanol–water partition coefficient (Wildman–Crippen LogP) is 5.26. The van der Waals surface area contributed by atoms with Gasteiger partial charge in [0.05, 0.1) is 35.8 Å². The fraction of sp³-hybridized carbons (Fsp3) is 0.471. The molecule has 2 saturated heterocycles. The summed E-state index contributed by atoms with van der Waals surface area (Å²) in [5.74, 6) is -1.59. The third kappa shape index (κ3) is 5.62. The molecule has 1 aromatic heterocycles. The molecule has 0 bridgehead atoms. The molecule has 46 heavy (non-hydrogen) atoms. The molecule has 4 aliphatic rings. The second-order valence-corrected chi connectivity index (χ2v) is 13.5. The maximum absolute atomic E-state index is 14.6. The summed E-state index contributed by atoms with van der Waals surface area (Å²) in [7, 11) is 2.14. The van der Waals surface area contributed by atoms with Crippen LogP contribution in [0.25, 0.3) is 10.8 Å². The summed E-state index contributed by atoms with van der Waals surface area (Å²) < 4.78 is 34.8. The van der Waals surface area contributed by atoms with Crippen molar-refractivity contribution in [1.82, 2.24) is 19.8 Å². The summed E-state index contributed by atoms with van der Waals surface area (Å²) in [6.45, 7) is 6.71. The molecule has 4 heterocycles. The number of benzene rings is 2. The molecule has 12 heteroatoms. The molecule has 0 N–H and O–H groups in total. The van der Waals surface area contributed by atoms with Gasteiger partial charge in [-0.1, -0.05) is 36.4 Å². The first-order chi connectivity index (χ1) is 22.2. The van der Waals surface area contributed by atoms with Crippen LogP contribution in [0.3, 0.4) is 0 Å². The van der Waals surface area contributed by atoms with Crippen LogP contribution in [0.1, 0.15) is 36.9 Å². The number of carbonyl (C=O) groups is 1. The Hall–Kier alpha value is -4.01. The van der Waals surface area contributed by atoms with Crippen LogP contribution in [-0.4, -0.2) is 84.1 Å². The van der Waals surface area contributed by atoms with Crippen molar-refractivity contribution in [2.75, 3.05) is 56.2 Å². The lowest BCUT2D eigenvalue weighted by Crippen LogP contribution is -2.55. The minimum absolute atomic E-state index is 0.0497. The molecule has 9 nitrogen and oxygen atoms in total. The SMILES string of the molecule is C=C(F)C(=O)N1CCN(c2nc(OCC3CC4(CC4)CN3C)nc3c2CCN(c2cccc4ccc(F)c(Cl)c24)C3)C[C@@H]1CC#N. The van der Waals surface area contributed by atoms with Gasteiger partial charge in [0.1, 0.15) is 18.2 Å². The number of anilines is 2. The lowest BCUT2D eigenvalue weighted by Gasteiger charge is -2.42. The number of halogens is 3. The van der Waals surface area contributed by atoms with Gasteiger partial charge in [0.2, 0.25) is 0 Å². The average Bonchev–Trinajstić information content (AvgIpc) is 3.73. The zero-order chi connectivity index (χ0) is 32.2. The van der Waals surface area contributed by atoms with Crippen LogP contribution in [0.15, 0.2) is 42.7 Å². The van der Waals surface area contributed by atoms with E-state index in [0.29, 0.717) is 55.8 Å². The number of nitriles is 1. The molecule has 1 amide bonds. The number of likely N-dealkylation sites (N-methyl/N-ethyl adjacent to an activating group) is 1. The summed E-state index contributed by atoms with van der Waals surface area (Å²) in [4.78, 5) is 30.4. The lowest BCUT2D eigenvalue weighted by atomic mass is 10.0. The minimum atomic E-state index is -1.04. The van der Waals surface area contributed by atoms with Crippen molar-refractivity contribution >= 4 is 39.8 Å². The monoisotopic (exact) mass is 647 g/mol. The Labute approximate surface area is 272 Å². The first-order valence-electron chi connectivity index (χ1n) is 15.8. The third-order valence-electron chi connectivity index (χ3n) is 10.1. The zero-order valence-electron chi connectivity index (χ0n) is 25.8. The topological polar surface area (TPSA) is 88.8 Å². The van der Waals surface area contributed by atoms with Gasteiger partial charge in [0, 0.05) is 55.4 Å². The molecule has 1 saturated carbocycles. The van der Waals surface area contributed by atoms with Crippen molar-refractivity contribution in [2.45, 2.75) is 50.7 Å². The van der Waals surface area contributed by atoms with Crippen molar-refractivity contribution in [3.8, 4) is 12.1 Å². The Balaban J connectivity index is 1.22. The standard InChI is InChI=1S/C34H36ClF2N7O2/c1-21(36)32(45)44-15-14-43(17-23(44)8-12-38)31-25-9-13-42(28-5-3-4-22-6-7-26(37)30(35)29(22)28)18-27(25)39-33(40-31)46-19-24-16-34(10-11-34)20-41(24)2/h3-7,23-24H,1,8-11,13-20H2,2H3/t23-,24?/m0/s1. The number of aromatic nitrogens is 2. The van der Waals surface area contributed by atoms with Crippen LogP contribution >= 0.6 is 11.6 Å². The Morgan fingerprint density at radius 2 is 2.00 bits per heavy atom. The number of nitrogens with zero attached hydrogens (tertiary/aromatic N) is 7. The van der Waals surface area contributed by atoms with E-state index in [1.54, 1.807) is 6.07 Å². The maximum atomic E-state index is 14.6. The summed E-state index contributed by atoms with van der Waals surface area (Å²) in [5.41, 5.74) is 3.01. The van der Waals surface area contributed by atoms with Crippen molar-refractivity contribution in [3.63, 3.8) is 0 Å². The van der Waals surface area contributed by atoms with E-state index in [1.165, 1.54) is 23.8 Å². The Morgan fingerprint density at radius 3 is 2.74 bits per heavy atom. The Kier molecular flexibility index (Phi) is 7.97. The van der Waals surface area contributed by atoms with Gasteiger partial charge < -0.3 is 19.4 Å². The first-order valence-corrected chi connectivity index (χ1v) is 16.2. The predicted molar refractivity (Wildman–Crippen MR) is 172 cm³/mol. The van der Waals surface area contributed by atoms with Gasteiger partial charge in [-0.05, 0) is 55.7 Å². The van der Waals surface area contributed by atoms with Crippen molar-refractivity contribution in [3.05, 3.63) is 64.8 Å². The van der Waals surface area contributed by atoms with E-state index in [2.05, 4.69) is 34.4 Å². The van der Waals surface area contributed by atoms with E-state index in [1.807, 2.05) is 18.2 Å². The molecule has 2 aromatic carbocycles. The summed E-state index contributed by atoms with van der Waals surface area (Å²) in [5, 5.41) is 11.1. The van der Waals surface area contributed by atoms with Gasteiger partial charge in [-0.25, -0.2) is 8.78 Å². The molecule has 1 spiro atoms. The van der Waals surface area contributed by atoms with Crippen LogP contribution in [0.4, 0.5) is 20.3 Å². The fourth-order valence-electron chi connectivity index (χ4n) is 7.50. The van der Waals surface area contributed by atoms with Gasteiger partial charge in [0.15, 0.2) is 5.83 Å². The molecular weight excluding hydrogens is 612 g/mol. The van der Waals surface area contributed by atoms with Gasteiger partial charge in [0.25, 0.3) is 5.91 Å². The summed E-state index contributed by atoms with van der Waals surface area (Å²) >= 11 is 6.50. The molecule has 7 rings (SSSR count). The average molecular weight is 648 g/mol. The largest absolute Gasteiger partial charge is 0.462 e. The number of carbonyl (C=O) groups excluding carboxylic acids is 1. The molecular formula is C34H36ClF2N7O2. The quantitative estimate of drug-likeness (QED) is 0.321. The van der Waals surface area contributed by atoms with Gasteiger partial charge in [-0.2, -0.15) is 15.2 Å².